The Morgan fingerprint density at radius 1 is 1.10 bits per heavy atom. The molecule has 0 aromatic carbocycles. The molecule has 1 aromatic rings. The van der Waals surface area contributed by atoms with Gasteiger partial charge in [0, 0.05) is 12.5 Å². The summed E-state index contributed by atoms with van der Waals surface area (Å²) in [7, 11) is 0. The van der Waals surface area contributed by atoms with Gasteiger partial charge in [-0.05, 0) is 24.7 Å². The van der Waals surface area contributed by atoms with Crippen LogP contribution < -0.4 is 0 Å². The van der Waals surface area contributed by atoms with Crippen molar-refractivity contribution < 1.29 is 4.79 Å². The molecule has 1 aromatic heterocycles. The molecule has 2 saturated carbocycles. The van der Waals surface area contributed by atoms with Crippen LogP contribution in [-0.2, 0) is 17.9 Å². The molecule has 2 heterocycles. The molecule has 114 valence electrons. The first kappa shape index (κ1) is 13.3. The van der Waals surface area contributed by atoms with Crippen molar-refractivity contribution in [1.29, 1.82) is 0 Å². The van der Waals surface area contributed by atoms with E-state index in [2.05, 4.69) is 10.1 Å². The van der Waals surface area contributed by atoms with Crippen molar-refractivity contribution >= 4 is 5.91 Å². The zero-order valence-electron chi connectivity index (χ0n) is 12.6. The molecule has 21 heavy (non-hydrogen) atoms. The molecule has 0 bridgehead atoms. The van der Waals surface area contributed by atoms with E-state index in [1.54, 1.807) is 6.33 Å². The molecular formula is C16H24N4O. The van der Waals surface area contributed by atoms with E-state index in [1.165, 1.54) is 38.5 Å². The van der Waals surface area contributed by atoms with Gasteiger partial charge < -0.3 is 4.90 Å². The number of carbonyl (C=O) groups excluding carboxylic acids is 1. The molecule has 3 aliphatic rings. The molecule has 2 aliphatic carbocycles. The van der Waals surface area contributed by atoms with Gasteiger partial charge >= 0.3 is 0 Å². The molecule has 0 saturated heterocycles. The summed E-state index contributed by atoms with van der Waals surface area (Å²) in [4.78, 5) is 19.3. The summed E-state index contributed by atoms with van der Waals surface area (Å²) in [6, 6.07) is 0. The number of fused-ring (bicyclic) bond motifs is 2. The summed E-state index contributed by atoms with van der Waals surface area (Å²) in [6.45, 7) is 2.23. The van der Waals surface area contributed by atoms with Crippen molar-refractivity contribution in [3.63, 3.8) is 0 Å². The lowest BCUT2D eigenvalue weighted by molar-refractivity contribution is -0.142. The van der Waals surface area contributed by atoms with Crippen LogP contribution in [0.3, 0.4) is 0 Å². The predicted octanol–water partition coefficient (Wildman–Crippen LogP) is 2.23. The average molecular weight is 288 g/mol. The largest absolute Gasteiger partial charge is 0.333 e. The highest BCUT2D eigenvalue weighted by Gasteiger charge is 2.40. The number of aromatic nitrogens is 3. The Hall–Kier alpha value is -1.39. The quantitative estimate of drug-likeness (QED) is 0.796. The lowest BCUT2D eigenvalue weighted by Crippen LogP contribution is -2.46. The number of hydrogen-bond donors (Lipinski definition) is 0. The van der Waals surface area contributed by atoms with Gasteiger partial charge in [-0.15, -0.1) is 0 Å². The molecule has 0 N–H and O–H groups in total. The Bertz CT molecular complexity index is 524. The molecule has 5 nitrogen and oxygen atoms in total. The first-order valence-corrected chi connectivity index (χ1v) is 8.48. The molecule has 5 heteroatoms. The van der Waals surface area contributed by atoms with Gasteiger partial charge in [-0.25, -0.2) is 9.67 Å². The van der Waals surface area contributed by atoms with Crippen LogP contribution in [-0.4, -0.2) is 32.1 Å². The smallest absolute Gasteiger partial charge is 0.226 e. The van der Waals surface area contributed by atoms with Gasteiger partial charge in [-0.3, -0.25) is 4.79 Å². The van der Waals surface area contributed by atoms with E-state index in [-0.39, 0.29) is 5.92 Å². The first-order chi connectivity index (χ1) is 10.3. The third-order valence-electron chi connectivity index (χ3n) is 5.81. The predicted molar refractivity (Wildman–Crippen MR) is 78.2 cm³/mol. The van der Waals surface area contributed by atoms with Gasteiger partial charge in [0.25, 0.3) is 0 Å². The number of hydrogen-bond acceptors (Lipinski definition) is 3. The number of amides is 1. The molecule has 1 aliphatic heterocycles. The van der Waals surface area contributed by atoms with Crippen molar-refractivity contribution in [2.75, 3.05) is 6.54 Å². The lowest BCUT2D eigenvalue weighted by Gasteiger charge is -2.42. The van der Waals surface area contributed by atoms with E-state index in [4.69, 9.17) is 0 Å². The second-order valence-corrected chi connectivity index (χ2v) is 6.90. The minimum atomic E-state index is 0.276. The van der Waals surface area contributed by atoms with E-state index >= 15 is 0 Å². The van der Waals surface area contributed by atoms with Crippen LogP contribution >= 0.6 is 0 Å². The van der Waals surface area contributed by atoms with Crippen LogP contribution in [0, 0.1) is 17.8 Å². The molecule has 1 amide bonds. The zero-order valence-corrected chi connectivity index (χ0v) is 12.6. The standard InChI is InChI=1S/C16H24N4O/c21-16(19-8-9-20-15(10-19)17-11-18-20)14-7-3-5-12-4-1-2-6-13(12)14/h11-14H,1-10H2. The number of rotatable bonds is 1. The van der Waals surface area contributed by atoms with Gasteiger partial charge in [-0.2, -0.15) is 5.10 Å². The number of nitrogens with zero attached hydrogens (tertiary/aromatic N) is 4. The normalized spacial score (nSPS) is 32.4. The van der Waals surface area contributed by atoms with E-state index in [9.17, 15) is 4.79 Å². The van der Waals surface area contributed by atoms with Gasteiger partial charge in [0.15, 0.2) is 0 Å². The fourth-order valence-electron chi connectivity index (χ4n) is 4.73. The Morgan fingerprint density at radius 2 is 1.95 bits per heavy atom. The minimum Gasteiger partial charge on any atom is -0.333 e. The second kappa shape index (κ2) is 5.43. The highest BCUT2D eigenvalue weighted by Crippen LogP contribution is 2.44. The summed E-state index contributed by atoms with van der Waals surface area (Å²) < 4.78 is 1.92. The van der Waals surface area contributed by atoms with Crippen LogP contribution in [0.4, 0.5) is 0 Å². The zero-order chi connectivity index (χ0) is 14.2. The molecule has 3 atom stereocenters. The average Bonchev–Trinajstić information content (AvgIpc) is 3.01. The molecule has 0 radical (unpaired) electrons. The maximum atomic E-state index is 13.0. The Labute approximate surface area is 125 Å². The monoisotopic (exact) mass is 288 g/mol. The third kappa shape index (κ3) is 2.36. The maximum Gasteiger partial charge on any atom is 0.226 e. The van der Waals surface area contributed by atoms with Gasteiger partial charge in [0.05, 0.1) is 13.1 Å². The van der Waals surface area contributed by atoms with E-state index in [1.807, 2.05) is 9.58 Å². The van der Waals surface area contributed by atoms with Crippen molar-refractivity contribution in [1.82, 2.24) is 19.7 Å². The Balaban J connectivity index is 1.49. The van der Waals surface area contributed by atoms with Crippen LogP contribution in [0.25, 0.3) is 0 Å². The molecule has 4 rings (SSSR count). The summed E-state index contributed by atoms with van der Waals surface area (Å²) >= 11 is 0. The van der Waals surface area contributed by atoms with Crippen LogP contribution in [0.5, 0.6) is 0 Å². The Kier molecular flexibility index (Phi) is 3.43. The van der Waals surface area contributed by atoms with Crippen LogP contribution in [0.2, 0.25) is 0 Å². The SMILES string of the molecule is O=C(C1CCCC2CCCCC21)N1CCn2ncnc2C1. The molecule has 2 fully saturated rings. The first-order valence-electron chi connectivity index (χ1n) is 8.48. The number of carbonyl (C=O) groups is 1. The molecular weight excluding hydrogens is 264 g/mol. The van der Waals surface area contributed by atoms with E-state index in [0.29, 0.717) is 18.4 Å². The van der Waals surface area contributed by atoms with Gasteiger partial charge in [0.1, 0.15) is 12.2 Å². The topological polar surface area (TPSA) is 51.0 Å². The van der Waals surface area contributed by atoms with Crippen LogP contribution in [0.1, 0.15) is 50.8 Å². The van der Waals surface area contributed by atoms with Crippen molar-refractivity contribution in [3.8, 4) is 0 Å². The summed E-state index contributed by atoms with van der Waals surface area (Å²) in [5.74, 6) is 3.07. The maximum absolute atomic E-state index is 13.0. The highest BCUT2D eigenvalue weighted by atomic mass is 16.2. The van der Waals surface area contributed by atoms with E-state index in [0.717, 1.165) is 31.3 Å². The third-order valence-corrected chi connectivity index (χ3v) is 5.81. The van der Waals surface area contributed by atoms with Crippen molar-refractivity contribution in [2.24, 2.45) is 17.8 Å². The van der Waals surface area contributed by atoms with Gasteiger partial charge in [-0.1, -0.05) is 32.1 Å². The fraction of sp³-hybridized carbons (Fsp3) is 0.812. The fourth-order valence-corrected chi connectivity index (χ4v) is 4.73. The van der Waals surface area contributed by atoms with Gasteiger partial charge in [0.2, 0.25) is 5.91 Å². The molecule has 3 unspecified atom stereocenters. The van der Waals surface area contributed by atoms with Crippen molar-refractivity contribution in [3.05, 3.63) is 12.2 Å². The Morgan fingerprint density at radius 3 is 2.90 bits per heavy atom. The minimum absolute atomic E-state index is 0.276. The summed E-state index contributed by atoms with van der Waals surface area (Å²) in [5.41, 5.74) is 0. The molecule has 0 spiro atoms. The van der Waals surface area contributed by atoms with E-state index < -0.39 is 0 Å². The second-order valence-electron chi connectivity index (χ2n) is 6.90. The summed E-state index contributed by atoms with van der Waals surface area (Å²) in [5, 5.41) is 4.20. The summed E-state index contributed by atoms with van der Waals surface area (Å²) in [6.07, 6.45) is 10.6. The highest BCUT2D eigenvalue weighted by molar-refractivity contribution is 5.79. The van der Waals surface area contributed by atoms with Crippen molar-refractivity contribution in [2.45, 2.75) is 58.0 Å². The lowest BCUT2D eigenvalue weighted by atomic mass is 9.65. The van der Waals surface area contributed by atoms with Crippen LogP contribution in [0.15, 0.2) is 6.33 Å².